The summed E-state index contributed by atoms with van der Waals surface area (Å²) in [6, 6.07) is 11.2. The van der Waals surface area contributed by atoms with E-state index in [1.165, 1.54) is 0 Å². The van der Waals surface area contributed by atoms with Crippen molar-refractivity contribution in [2.75, 3.05) is 6.54 Å². The van der Waals surface area contributed by atoms with Crippen molar-refractivity contribution in [3.8, 4) is 17.1 Å². The number of benzene rings is 1. The molecule has 1 fully saturated rings. The van der Waals surface area contributed by atoms with Gasteiger partial charge in [-0.15, -0.1) is 12.4 Å². The van der Waals surface area contributed by atoms with Crippen molar-refractivity contribution in [3.63, 3.8) is 0 Å². The number of pyridine rings is 1. The Hall–Kier alpha value is -2.97. The van der Waals surface area contributed by atoms with Crippen molar-refractivity contribution < 1.29 is 14.1 Å². The van der Waals surface area contributed by atoms with Gasteiger partial charge in [0.1, 0.15) is 12.4 Å². The van der Waals surface area contributed by atoms with E-state index in [9.17, 15) is 4.79 Å². The summed E-state index contributed by atoms with van der Waals surface area (Å²) in [6.45, 7) is 1.51. The molecule has 8 nitrogen and oxygen atoms in total. The molecule has 1 aromatic carbocycles. The van der Waals surface area contributed by atoms with Crippen molar-refractivity contribution in [1.82, 2.24) is 25.8 Å². The molecule has 1 saturated heterocycles. The number of halogens is 1. The Labute approximate surface area is 174 Å². The number of nitrogens with one attached hydrogen (secondary N) is 2. The fourth-order valence-electron chi connectivity index (χ4n) is 3.01. The Morgan fingerprint density at radius 2 is 2.24 bits per heavy atom. The SMILES string of the molecule is Cl.O=C(NCc1nc(-c2cccc(OCc3cccnc3)c2)no1)C1CCCN1. The minimum atomic E-state index is -0.129. The van der Waals surface area contributed by atoms with Crippen molar-refractivity contribution in [3.05, 3.63) is 60.2 Å². The van der Waals surface area contributed by atoms with Gasteiger partial charge >= 0.3 is 0 Å². The maximum atomic E-state index is 12.0. The van der Waals surface area contributed by atoms with Crippen LogP contribution in [0.25, 0.3) is 11.4 Å². The van der Waals surface area contributed by atoms with Crippen LogP contribution in [0.2, 0.25) is 0 Å². The summed E-state index contributed by atoms with van der Waals surface area (Å²) in [6.07, 6.45) is 5.37. The van der Waals surface area contributed by atoms with Crippen LogP contribution in [0, 0.1) is 0 Å². The summed E-state index contributed by atoms with van der Waals surface area (Å²) in [5.41, 5.74) is 1.77. The van der Waals surface area contributed by atoms with Gasteiger partial charge in [0.2, 0.25) is 17.6 Å². The predicted octanol–water partition coefficient (Wildman–Crippen LogP) is 2.50. The third-order valence-corrected chi connectivity index (χ3v) is 4.48. The van der Waals surface area contributed by atoms with Gasteiger partial charge in [-0.25, -0.2) is 0 Å². The molecule has 2 N–H and O–H groups in total. The van der Waals surface area contributed by atoms with Gasteiger partial charge in [0.05, 0.1) is 12.6 Å². The Kier molecular flexibility index (Phi) is 7.15. The van der Waals surface area contributed by atoms with Crippen LogP contribution in [-0.2, 0) is 17.9 Å². The lowest BCUT2D eigenvalue weighted by Gasteiger charge is -2.08. The molecule has 1 unspecified atom stereocenters. The van der Waals surface area contributed by atoms with Crippen molar-refractivity contribution in [1.29, 1.82) is 0 Å². The lowest BCUT2D eigenvalue weighted by molar-refractivity contribution is -0.123. The Bertz CT molecular complexity index is 929. The summed E-state index contributed by atoms with van der Waals surface area (Å²) in [5.74, 6) is 1.48. The van der Waals surface area contributed by atoms with Crippen molar-refractivity contribution in [2.24, 2.45) is 0 Å². The predicted molar refractivity (Wildman–Crippen MR) is 108 cm³/mol. The topological polar surface area (TPSA) is 102 Å². The summed E-state index contributed by atoms with van der Waals surface area (Å²) in [7, 11) is 0. The van der Waals surface area contributed by atoms with Crippen LogP contribution in [0.15, 0.2) is 53.3 Å². The van der Waals surface area contributed by atoms with E-state index in [0.717, 1.165) is 30.5 Å². The Morgan fingerprint density at radius 3 is 3.03 bits per heavy atom. The van der Waals surface area contributed by atoms with Gasteiger partial charge in [-0.1, -0.05) is 23.4 Å². The van der Waals surface area contributed by atoms with E-state index in [1.807, 2.05) is 36.4 Å². The highest BCUT2D eigenvalue weighted by Gasteiger charge is 2.22. The van der Waals surface area contributed by atoms with Crippen LogP contribution in [0.4, 0.5) is 0 Å². The lowest BCUT2D eigenvalue weighted by Crippen LogP contribution is -2.40. The minimum absolute atomic E-state index is 0. The fourth-order valence-corrected chi connectivity index (χ4v) is 3.01. The molecule has 4 rings (SSSR count). The molecule has 0 bridgehead atoms. The van der Waals surface area contributed by atoms with Crippen LogP contribution in [0.5, 0.6) is 5.75 Å². The highest BCUT2D eigenvalue weighted by atomic mass is 35.5. The highest BCUT2D eigenvalue weighted by Crippen LogP contribution is 2.22. The molecular formula is C20H22ClN5O3. The summed E-state index contributed by atoms with van der Waals surface area (Å²) < 4.78 is 11.1. The smallest absolute Gasteiger partial charge is 0.246 e. The van der Waals surface area contributed by atoms with Gasteiger partial charge in [0.15, 0.2) is 0 Å². The monoisotopic (exact) mass is 415 g/mol. The van der Waals surface area contributed by atoms with Crippen LogP contribution in [-0.4, -0.2) is 33.6 Å². The first-order chi connectivity index (χ1) is 13.8. The molecule has 0 radical (unpaired) electrons. The van der Waals surface area contributed by atoms with Crippen molar-refractivity contribution >= 4 is 18.3 Å². The number of hydrogen-bond acceptors (Lipinski definition) is 7. The normalized spacial score (nSPS) is 15.5. The number of hydrogen-bond donors (Lipinski definition) is 2. The molecule has 3 heterocycles. The van der Waals surface area contributed by atoms with Gasteiger partial charge in [0.25, 0.3) is 0 Å². The Morgan fingerprint density at radius 1 is 1.31 bits per heavy atom. The Balaban J connectivity index is 0.00000240. The van der Waals surface area contributed by atoms with E-state index < -0.39 is 0 Å². The van der Waals surface area contributed by atoms with Gasteiger partial charge in [-0.05, 0) is 37.6 Å². The zero-order chi connectivity index (χ0) is 19.2. The third-order valence-electron chi connectivity index (χ3n) is 4.48. The van der Waals surface area contributed by atoms with E-state index in [4.69, 9.17) is 9.26 Å². The van der Waals surface area contributed by atoms with Crippen LogP contribution in [0.3, 0.4) is 0 Å². The number of carbonyl (C=O) groups is 1. The molecule has 9 heteroatoms. The van der Waals surface area contributed by atoms with E-state index in [1.54, 1.807) is 12.4 Å². The van der Waals surface area contributed by atoms with Crippen LogP contribution in [0.1, 0.15) is 24.3 Å². The van der Waals surface area contributed by atoms with Crippen LogP contribution < -0.4 is 15.4 Å². The molecule has 1 aliphatic rings. The standard InChI is InChI=1S/C20H21N5O3.ClH/c26-20(17-7-3-9-22-17)23-12-18-24-19(25-28-18)15-5-1-6-16(10-15)27-13-14-4-2-8-21-11-14;/h1-2,4-6,8,10-11,17,22H,3,7,9,12-13H2,(H,23,26);1H. The zero-order valence-electron chi connectivity index (χ0n) is 15.7. The average molecular weight is 416 g/mol. The molecule has 1 aliphatic heterocycles. The fraction of sp³-hybridized carbons (Fsp3) is 0.300. The van der Waals surface area contributed by atoms with E-state index in [-0.39, 0.29) is 30.9 Å². The number of rotatable bonds is 7. The first-order valence-electron chi connectivity index (χ1n) is 9.24. The average Bonchev–Trinajstić information content (AvgIpc) is 3.44. The molecule has 0 saturated carbocycles. The number of aromatic nitrogens is 3. The molecule has 29 heavy (non-hydrogen) atoms. The minimum Gasteiger partial charge on any atom is -0.489 e. The maximum Gasteiger partial charge on any atom is 0.246 e. The first-order valence-corrected chi connectivity index (χ1v) is 9.24. The largest absolute Gasteiger partial charge is 0.489 e. The molecule has 3 aromatic rings. The molecular weight excluding hydrogens is 394 g/mol. The van der Waals surface area contributed by atoms with E-state index in [0.29, 0.717) is 24.1 Å². The third kappa shape index (κ3) is 5.52. The summed E-state index contributed by atoms with van der Waals surface area (Å²) in [4.78, 5) is 20.5. The maximum absolute atomic E-state index is 12.0. The lowest BCUT2D eigenvalue weighted by atomic mass is 10.2. The number of ether oxygens (including phenoxy) is 1. The second kappa shape index (κ2) is 9.99. The molecule has 0 spiro atoms. The molecule has 1 amide bonds. The van der Waals surface area contributed by atoms with Crippen molar-refractivity contribution in [2.45, 2.75) is 32.0 Å². The summed E-state index contributed by atoms with van der Waals surface area (Å²) in [5, 5.41) is 9.99. The van der Waals surface area contributed by atoms with Gasteiger partial charge in [0, 0.05) is 23.5 Å². The molecule has 0 aliphatic carbocycles. The molecule has 152 valence electrons. The quantitative estimate of drug-likeness (QED) is 0.611. The number of amides is 1. The zero-order valence-corrected chi connectivity index (χ0v) is 16.5. The molecule has 1 atom stereocenters. The van der Waals surface area contributed by atoms with Gasteiger partial charge in [-0.2, -0.15) is 4.98 Å². The summed E-state index contributed by atoms with van der Waals surface area (Å²) >= 11 is 0. The van der Waals surface area contributed by atoms with E-state index >= 15 is 0 Å². The van der Waals surface area contributed by atoms with Gasteiger partial charge in [-0.3, -0.25) is 9.78 Å². The number of nitrogens with zero attached hydrogens (tertiary/aromatic N) is 3. The second-order valence-electron chi connectivity index (χ2n) is 6.56. The number of carbonyl (C=O) groups excluding carboxylic acids is 1. The van der Waals surface area contributed by atoms with E-state index in [2.05, 4.69) is 25.8 Å². The van der Waals surface area contributed by atoms with Crippen LogP contribution >= 0.6 is 12.4 Å². The van der Waals surface area contributed by atoms with Gasteiger partial charge < -0.3 is 19.9 Å². The second-order valence-corrected chi connectivity index (χ2v) is 6.56. The molecule has 2 aromatic heterocycles. The first kappa shape index (κ1) is 20.8. The highest BCUT2D eigenvalue weighted by molar-refractivity contribution is 5.85.